The van der Waals surface area contributed by atoms with Crippen LogP contribution in [0.5, 0.6) is 0 Å². The van der Waals surface area contributed by atoms with Gasteiger partial charge in [-0.25, -0.2) is 8.42 Å². The van der Waals surface area contributed by atoms with Crippen molar-refractivity contribution in [2.75, 3.05) is 18.1 Å². The third-order valence-corrected chi connectivity index (χ3v) is 7.09. The minimum Gasteiger partial charge on any atom is -0.338 e. The van der Waals surface area contributed by atoms with Crippen LogP contribution in [-0.2, 0) is 14.6 Å². The van der Waals surface area contributed by atoms with Crippen molar-refractivity contribution in [1.29, 1.82) is 0 Å². The summed E-state index contributed by atoms with van der Waals surface area (Å²) in [4.78, 5) is 14.8. The highest BCUT2D eigenvalue weighted by molar-refractivity contribution is 7.91. The fourth-order valence-electron chi connectivity index (χ4n) is 3.58. The molecule has 0 radical (unpaired) electrons. The van der Waals surface area contributed by atoms with Crippen molar-refractivity contribution < 1.29 is 13.2 Å². The number of rotatable bonds is 6. The molecule has 1 aliphatic carbocycles. The van der Waals surface area contributed by atoms with Crippen LogP contribution in [0.2, 0.25) is 5.02 Å². The van der Waals surface area contributed by atoms with Gasteiger partial charge in [-0.05, 0) is 42.9 Å². The third kappa shape index (κ3) is 3.94. The fourth-order valence-corrected chi connectivity index (χ4v) is 5.44. The van der Waals surface area contributed by atoms with E-state index in [1.54, 1.807) is 0 Å². The zero-order valence-electron chi connectivity index (χ0n) is 13.9. The summed E-state index contributed by atoms with van der Waals surface area (Å²) in [6.45, 7) is 2.75. The lowest BCUT2D eigenvalue weighted by atomic mass is 10.1. The number of nitrogens with zero attached hydrogens (tertiary/aromatic N) is 1. The normalized spacial score (nSPS) is 27.8. The van der Waals surface area contributed by atoms with Gasteiger partial charge in [-0.3, -0.25) is 4.79 Å². The summed E-state index contributed by atoms with van der Waals surface area (Å²) in [5.74, 6) is 0.702. The Morgan fingerprint density at radius 1 is 1.29 bits per heavy atom. The van der Waals surface area contributed by atoms with Crippen LogP contribution >= 0.6 is 11.6 Å². The van der Waals surface area contributed by atoms with Crippen LogP contribution in [0.25, 0.3) is 0 Å². The number of carbonyl (C=O) groups is 1. The second-order valence-electron chi connectivity index (χ2n) is 6.94. The zero-order valence-corrected chi connectivity index (χ0v) is 15.5. The topological polar surface area (TPSA) is 54.5 Å². The standard InChI is InChI=1S/C18H24ClNO3S/c1-2-3-9-20(15-8-10-24(22,23)12-15)18(21)17-11-16(17)13-4-6-14(19)7-5-13/h4-7,15-17H,2-3,8-12H2,1H3. The minimum atomic E-state index is -2.98. The third-order valence-electron chi connectivity index (χ3n) is 5.09. The number of hydrogen-bond donors (Lipinski definition) is 0. The Labute approximate surface area is 149 Å². The average molecular weight is 370 g/mol. The molecule has 1 aromatic rings. The van der Waals surface area contributed by atoms with Crippen LogP contribution in [0.3, 0.4) is 0 Å². The maximum absolute atomic E-state index is 13.0. The van der Waals surface area contributed by atoms with Gasteiger partial charge in [0.05, 0.1) is 11.5 Å². The Balaban J connectivity index is 1.69. The highest BCUT2D eigenvalue weighted by Gasteiger charge is 2.47. The van der Waals surface area contributed by atoms with Crippen LogP contribution < -0.4 is 0 Å². The summed E-state index contributed by atoms with van der Waals surface area (Å²) >= 11 is 5.92. The van der Waals surface area contributed by atoms with E-state index >= 15 is 0 Å². The van der Waals surface area contributed by atoms with E-state index in [1.165, 1.54) is 0 Å². The van der Waals surface area contributed by atoms with Crippen molar-refractivity contribution in [2.24, 2.45) is 5.92 Å². The van der Waals surface area contributed by atoms with Gasteiger partial charge >= 0.3 is 0 Å². The van der Waals surface area contributed by atoms with Gasteiger partial charge < -0.3 is 4.90 Å². The number of halogens is 1. The van der Waals surface area contributed by atoms with E-state index in [4.69, 9.17) is 11.6 Å². The molecule has 3 atom stereocenters. The summed E-state index contributed by atoms with van der Waals surface area (Å²) < 4.78 is 23.6. The predicted molar refractivity (Wildman–Crippen MR) is 96.0 cm³/mol. The molecule has 3 rings (SSSR count). The molecule has 1 heterocycles. The van der Waals surface area contributed by atoms with E-state index < -0.39 is 9.84 Å². The molecule has 24 heavy (non-hydrogen) atoms. The largest absolute Gasteiger partial charge is 0.338 e. The fraction of sp³-hybridized carbons (Fsp3) is 0.611. The molecule has 1 amide bonds. The maximum Gasteiger partial charge on any atom is 0.226 e. The van der Waals surface area contributed by atoms with Gasteiger partial charge in [-0.2, -0.15) is 0 Å². The van der Waals surface area contributed by atoms with Gasteiger partial charge in [0.15, 0.2) is 9.84 Å². The van der Waals surface area contributed by atoms with Gasteiger partial charge in [0, 0.05) is 23.5 Å². The number of amides is 1. The van der Waals surface area contributed by atoms with Crippen LogP contribution in [0, 0.1) is 5.92 Å². The molecular weight excluding hydrogens is 346 g/mol. The molecule has 6 heteroatoms. The van der Waals surface area contributed by atoms with Crippen LogP contribution in [-0.4, -0.2) is 43.3 Å². The van der Waals surface area contributed by atoms with Crippen molar-refractivity contribution in [3.8, 4) is 0 Å². The van der Waals surface area contributed by atoms with Crippen molar-refractivity contribution in [3.63, 3.8) is 0 Å². The maximum atomic E-state index is 13.0. The van der Waals surface area contributed by atoms with Crippen LogP contribution in [0.15, 0.2) is 24.3 Å². The molecule has 1 saturated carbocycles. The lowest BCUT2D eigenvalue weighted by molar-refractivity contribution is -0.134. The van der Waals surface area contributed by atoms with Crippen LogP contribution in [0.4, 0.5) is 0 Å². The zero-order chi connectivity index (χ0) is 17.3. The second kappa shape index (κ2) is 7.04. The van der Waals surface area contributed by atoms with E-state index in [2.05, 4.69) is 6.92 Å². The lowest BCUT2D eigenvalue weighted by Crippen LogP contribution is -2.42. The highest BCUT2D eigenvalue weighted by atomic mass is 35.5. The number of carbonyl (C=O) groups excluding carboxylic acids is 1. The molecule has 0 aromatic heterocycles. The number of hydrogen-bond acceptors (Lipinski definition) is 3. The second-order valence-corrected chi connectivity index (χ2v) is 9.61. The Morgan fingerprint density at radius 3 is 2.58 bits per heavy atom. The molecule has 2 fully saturated rings. The first-order valence-corrected chi connectivity index (χ1v) is 10.9. The van der Waals surface area contributed by atoms with Gasteiger partial charge in [-0.15, -0.1) is 0 Å². The highest BCUT2D eigenvalue weighted by Crippen LogP contribution is 2.49. The number of benzene rings is 1. The van der Waals surface area contributed by atoms with E-state index in [-0.39, 0.29) is 35.3 Å². The van der Waals surface area contributed by atoms with E-state index in [9.17, 15) is 13.2 Å². The first kappa shape index (κ1) is 17.7. The predicted octanol–water partition coefficient (Wildman–Crippen LogP) is 3.26. The summed E-state index contributed by atoms with van der Waals surface area (Å²) in [5.41, 5.74) is 1.15. The summed E-state index contributed by atoms with van der Waals surface area (Å²) in [6, 6.07) is 7.54. The van der Waals surface area contributed by atoms with Gasteiger partial charge in [0.25, 0.3) is 0 Å². The monoisotopic (exact) mass is 369 g/mol. The van der Waals surface area contributed by atoms with E-state index in [0.29, 0.717) is 18.0 Å². The van der Waals surface area contributed by atoms with Crippen molar-refractivity contribution >= 4 is 27.3 Å². The molecule has 0 spiro atoms. The number of sulfone groups is 1. The Morgan fingerprint density at radius 2 is 2.00 bits per heavy atom. The molecule has 1 aromatic carbocycles. The molecule has 132 valence electrons. The molecule has 4 nitrogen and oxygen atoms in total. The molecule has 0 bridgehead atoms. The molecule has 0 N–H and O–H groups in total. The Hall–Kier alpha value is -1.07. The first-order chi connectivity index (χ1) is 11.4. The Kier molecular flexibility index (Phi) is 5.21. The molecule has 2 aliphatic rings. The molecule has 1 aliphatic heterocycles. The first-order valence-electron chi connectivity index (χ1n) is 8.67. The SMILES string of the molecule is CCCCN(C(=O)C1CC1c1ccc(Cl)cc1)C1CCS(=O)(=O)C1. The number of unbranched alkanes of at least 4 members (excludes halogenated alkanes) is 1. The summed E-state index contributed by atoms with van der Waals surface area (Å²) in [5, 5.41) is 0.697. The summed E-state index contributed by atoms with van der Waals surface area (Å²) in [7, 11) is -2.98. The Bertz CT molecular complexity index is 701. The summed E-state index contributed by atoms with van der Waals surface area (Å²) in [6.07, 6.45) is 3.34. The average Bonchev–Trinajstić information content (AvgIpc) is 3.26. The van der Waals surface area contributed by atoms with E-state index in [0.717, 1.165) is 24.8 Å². The minimum absolute atomic E-state index is 0.00802. The van der Waals surface area contributed by atoms with Crippen molar-refractivity contribution in [3.05, 3.63) is 34.9 Å². The molecule has 3 unspecified atom stereocenters. The van der Waals surface area contributed by atoms with Crippen molar-refractivity contribution in [2.45, 2.75) is 44.6 Å². The van der Waals surface area contributed by atoms with E-state index in [1.807, 2.05) is 29.2 Å². The van der Waals surface area contributed by atoms with Gasteiger partial charge in [0.2, 0.25) is 5.91 Å². The van der Waals surface area contributed by atoms with Gasteiger partial charge in [0.1, 0.15) is 0 Å². The molecule has 1 saturated heterocycles. The quantitative estimate of drug-likeness (QED) is 0.773. The van der Waals surface area contributed by atoms with Gasteiger partial charge in [-0.1, -0.05) is 37.1 Å². The van der Waals surface area contributed by atoms with Crippen molar-refractivity contribution in [1.82, 2.24) is 4.90 Å². The molecular formula is C18H24ClNO3S. The lowest BCUT2D eigenvalue weighted by Gasteiger charge is -2.28. The smallest absolute Gasteiger partial charge is 0.226 e. The van der Waals surface area contributed by atoms with Crippen LogP contribution in [0.1, 0.15) is 44.1 Å².